The highest BCUT2D eigenvalue weighted by Gasteiger charge is 2.33. The molecule has 0 bridgehead atoms. The number of benzene rings is 4. The van der Waals surface area contributed by atoms with Crippen LogP contribution in [0.4, 0.5) is 5.69 Å². The lowest BCUT2D eigenvalue weighted by atomic mass is 10.1. The Morgan fingerprint density at radius 1 is 0.552 bits per heavy atom. The molecule has 0 radical (unpaired) electrons. The SMILES string of the molecule is C1=C(P(=Nc2ccccc2)(c2ccccc2)c2ccccc2)c2ccccc2C1. The molecule has 0 unspecified atom stereocenters. The zero-order valence-corrected chi connectivity index (χ0v) is 17.0. The van der Waals surface area contributed by atoms with Gasteiger partial charge >= 0.3 is 0 Å². The van der Waals surface area contributed by atoms with Crippen molar-refractivity contribution in [1.82, 2.24) is 0 Å². The van der Waals surface area contributed by atoms with E-state index in [2.05, 4.69) is 115 Å². The van der Waals surface area contributed by atoms with Crippen LogP contribution >= 0.6 is 7.05 Å². The molecule has 0 amide bonds. The molecule has 1 nitrogen and oxygen atoms in total. The van der Waals surface area contributed by atoms with E-state index >= 15 is 0 Å². The first kappa shape index (κ1) is 17.9. The Labute approximate surface area is 172 Å². The number of nitrogens with zero attached hydrogens (tertiary/aromatic N) is 1. The predicted octanol–water partition coefficient (Wildman–Crippen LogP) is 6.77. The maximum atomic E-state index is 5.55. The lowest BCUT2D eigenvalue weighted by Crippen LogP contribution is -2.17. The molecule has 1 aliphatic rings. The third-order valence-corrected chi connectivity index (χ3v) is 9.18. The summed E-state index contributed by atoms with van der Waals surface area (Å²) in [4.78, 5) is 0. The maximum absolute atomic E-state index is 5.55. The Kier molecular flexibility index (Phi) is 4.76. The summed E-state index contributed by atoms with van der Waals surface area (Å²) in [7, 11) is -2.22. The quantitative estimate of drug-likeness (QED) is 0.341. The Morgan fingerprint density at radius 3 is 1.69 bits per heavy atom. The van der Waals surface area contributed by atoms with E-state index in [9.17, 15) is 0 Å². The molecule has 0 saturated heterocycles. The van der Waals surface area contributed by atoms with Gasteiger partial charge in [-0.25, -0.2) is 0 Å². The lowest BCUT2D eigenvalue weighted by molar-refractivity contribution is 1.31. The monoisotopic (exact) mass is 391 g/mol. The zero-order chi connectivity index (χ0) is 19.5. The van der Waals surface area contributed by atoms with Gasteiger partial charge in [0.1, 0.15) is 0 Å². The largest absolute Gasteiger partial charge is 0.254 e. The molecule has 29 heavy (non-hydrogen) atoms. The van der Waals surface area contributed by atoms with Gasteiger partial charge in [-0.2, -0.15) is 0 Å². The van der Waals surface area contributed by atoms with Crippen molar-refractivity contribution >= 4 is 28.7 Å². The molecule has 0 N–H and O–H groups in total. The van der Waals surface area contributed by atoms with Gasteiger partial charge in [0.05, 0.1) is 12.7 Å². The summed E-state index contributed by atoms with van der Waals surface area (Å²) in [5.74, 6) is 0. The van der Waals surface area contributed by atoms with Crippen LogP contribution in [-0.4, -0.2) is 0 Å². The molecule has 4 aromatic carbocycles. The fraction of sp³-hybridized carbons (Fsp3) is 0.0370. The van der Waals surface area contributed by atoms with Crippen molar-refractivity contribution in [1.29, 1.82) is 0 Å². The van der Waals surface area contributed by atoms with Crippen molar-refractivity contribution in [2.45, 2.75) is 6.42 Å². The first-order chi connectivity index (χ1) is 14.4. The highest BCUT2D eigenvalue weighted by molar-refractivity contribution is 7.89. The van der Waals surface area contributed by atoms with Crippen molar-refractivity contribution in [2.75, 3.05) is 0 Å². The van der Waals surface area contributed by atoms with Crippen molar-refractivity contribution in [3.63, 3.8) is 0 Å². The molecule has 0 saturated carbocycles. The van der Waals surface area contributed by atoms with Crippen LogP contribution in [0.1, 0.15) is 11.1 Å². The number of hydrogen-bond donors (Lipinski definition) is 0. The molecule has 0 fully saturated rings. The van der Waals surface area contributed by atoms with E-state index in [-0.39, 0.29) is 0 Å². The van der Waals surface area contributed by atoms with Crippen molar-refractivity contribution in [3.05, 3.63) is 132 Å². The highest BCUT2D eigenvalue weighted by Crippen LogP contribution is 2.63. The molecule has 0 heterocycles. The summed E-state index contributed by atoms with van der Waals surface area (Å²) in [5, 5.41) is 3.95. The Bertz CT molecular complexity index is 1170. The van der Waals surface area contributed by atoms with Crippen LogP contribution in [0, 0.1) is 0 Å². The number of allylic oxidation sites excluding steroid dienone is 1. The first-order valence-corrected chi connectivity index (χ1v) is 11.7. The first-order valence-electron chi connectivity index (χ1n) is 9.95. The summed E-state index contributed by atoms with van der Waals surface area (Å²) < 4.78 is 5.55. The molecule has 2 heteroatoms. The zero-order valence-electron chi connectivity index (χ0n) is 16.1. The van der Waals surface area contributed by atoms with Gasteiger partial charge < -0.3 is 0 Å². The Balaban J connectivity index is 1.90. The molecule has 0 aliphatic heterocycles. The summed E-state index contributed by atoms with van der Waals surface area (Å²) >= 11 is 0. The lowest BCUT2D eigenvalue weighted by Gasteiger charge is -2.28. The third-order valence-electron chi connectivity index (χ3n) is 5.44. The minimum absolute atomic E-state index is 0.969. The van der Waals surface area contributed by atoms with Crippen LogP contribution in [-0.2, 0) is 6.42 Å². The van der Waals surface area contributed by atoms with E-state index in [4.69, 9.17) is 4.74 Å². The van der Waals surface area contributed by atoms with Crippen molar-refractivity contribution in [3.8, 4) is 0 Å². The minimum Gasteiger partial charge on any atom is -0.254 e. The van der Waals surface area contributed by atoms with E-state index in [1.54, 1.807) is 0 Å². The topological polar surface area (TPSA) is 12.4 Å². The Morgan fingerprint density at radius 2 is 1.07 bits per heavy atom. The average Bonchev–Trinajstić information content (AvgIpc) is 3.24. The molecule has 0 aromatic heterocycles. The van der Waals surface area contributed by atoms with Gasteiger partial charge in [0, 0.05) is 15.9 Å². The van der Waals surface area contributed by atoms with E-state index in [0.717, 1.165) is 12.1 Å². The average molecular weight is 391 g/mol. The smallest absolute Gasteiger partial charge is 0.0625 e. The summed E-state index contributed by atoms with van der Waals surface area (Å²) in [6.07, 6.45) is 3.38. The second-order valence-corrected chi connectivity index (χ2v) is 10.2. The molecule has 140 valence electrons. The second kappa shape index (κ2) is 7.70. The van der Waals surface area contributed by atoms with E-state index in [0.29, 0.717) is 0 Å². The van der Waals surface area contributed by atoms with E-state index < -0.39 is 7.05 Å². The maximum Gasteiger partial charge on any atom is 0.0625 e. The summed E-state index contributed by atoms with van der Waals surface area (Å²) in [6.45, 7) is 0. The molecular weight excluding hydrogens is 369 g/mol. The number of rotatable bonds is 4. The van der Waals surface area contributed by atoms with E-state index in [1.165, 1.54) is 27.1 Å². The van der Waals surface area contributed by atoms with Gasteiger partial charge in [0.15, 0.2) is 0 Å². The second-order valence-electron chi connectivity index (χ2n) is 7.19. The summed E-state index contributed by atoms with van der Waals surface area (Å²) in [5.41, 5.74) is 3.76. The fourth-order valence-electron chi connectivity index (χ4n) is 4.12. The fourth-order valence-corrected chi connectivity index (χ4v) is 7.93. The van der Waals surface area contributed by atoms with Crippen LogP contribution in [0.15, 0.2) is 126 Å². The van der Waals surface area contributed by atoms with Gasteiger partial charge in [-0.3, -0.25) is 4.74 Å². The van der Waals surface area contributed by atoms with Crippen molar-refractivity contribution < 1.29 is 0 Å². The summed E-state index contributed by atoms with van der Waals surface area (Å²) in [6, 6.07) is 40.9. The van der Waals surface area contributed by atoms with Crippen LogP contribution in [0.3, 0.4) is 0 Å². The van der Waals surface area contributed by atoms with Crippen molar-refractivity contribution in [2.24, 2.45) is 4.74 Å². The molecular formula is C27H22NP. The molecule has 4 aromatic rings. The third kappa shape index (κ3) is 3.18. The molecule has 0 spiro atoms. The van der Waals surface area contributed by atoms with Crippen LogP contribution in [0.2, 0.25) is 0 Å². The van der Waals surface area contributed by atoms with Gasteiger partial charge in [-0.15, -0.1) is 0 Å². The number of hydrogen-bond acceptors (Lipinski definition) is 1. The molecule has 1 aliphatic carbocycles. The van der Waals surface area contributed by atoms with Crippen LogP contribution < -0.4 is 10.6 Å². The number of fused-ring (bicyclic) bond motifs is 1. The molecule has 0 atom stereocenters. The predicted molar refractivity (Wildman–Crippen MR) is 126 cm³/mol. The normalized spacial score (nSPS) is 12.9. The van der Waals surface area contributed by atoms with Crippen LogP contribution in [0.5, 0.6) is 0 Å². The standard InChI is InChI=1S/C27H22NP/c1-4-13-23(14-5-1)28-29(24-15-6-2-7-16-24,25-17-8-3-9-18-25)27-21-20-22-12-10-11-19-26(22)27/h1-19,21H,20H2. The minimum atomic E-state index is -2.22. The Hall–Kier alpha value is -3.15. The van der Waals surface area contributed by atoms with Gasteiger partial charge in [-0.05, 0) is 29.7 Å². The van der Waals surface area contributed by atoms with E-state index in [1.807, 2.05) is 6.07 Å². The van der Waals surface area contributed by atoms with Gasteiger partial charge in [-0.1, -0.05) is 109 Å². The van der Waals surface area contributed by atoms with Crippen LogP contribution in [0.25, 0.3) is 5.31 Å². The van der Waals surface area contributed by atoms with Gasteiger partial charge in [0.25, 0.3) is 0 Å². The molecule has 5 rings (SSSR count). The van der Waals surface area contributed by atoms with Gasteiger partial charge in [0.2, 0.25) is 0 Å². The highest BCUT2D eigenvalue weighted by atomic mass is 31.2.